The van der Waals surface area contributed by atoms with Crippen molar-refractivity contribution in [2.24, 2.45) is 0 Å². The molecule has 4 nitrogen and oxygen atoms in total. The molecule has 1 amide bonds. The molecule has 0 radical (unpaired) electrons. The second kappa shape index (κ2) is 7.60. The standard InChI is InChI=1S/C21H25NO3/c1-15-10-12-19(25-3)21-17(15)8-6-14-22(21)20(23)13-11-16-7-4-5-9-18(16)24-2/h4-5,7,9-10,12H,6,8,11,13-14H2,1-3H3. The second-order valence-electron chi connectivity index (χ2n) is 6.37. The molecule has 1 heterocycles. The van der Waals surface area contributed by atoms with Crippen LogP contribution in [0.25, 0.3) is 0 Å². The van der Waals surface area contributed by atoms with Crippen LogP contribution in [0, 0.1) is 6.92 Å². The first kappa shape index (κ1) is 17.3. The summed E-state index contributed by atoms with van der Waals surface area (Å²) in [5.41, 5.74) is 4.47. The van der Waals surface area contributed by atoms with Gasteiger partial charge in [0.25, 0.3) is 0 Å². The molecule has 2 aromatic rings. The largest absolute Gasteiger partial charge is 0.496 e. The van der Waals surface area contributed by atoms with Gasteiger partial charge in [-0.2, -0.15) is 0 Å². The van der Waals surface area contributed by atoms with Crippen LogP contribution in [0.15, 0.2) is 36.4 Å². The van der Waals surface area contributed by atoms with Crippen LogP contribution < -0.4 is 14.4 Å². The number of rotatable bonds is 5. The van der Waals surface area contributed by atoms with Crippen molar-refractivity contribution in [3.63, 3.8) is 0 Å². The van der Waals surface area contributed by atoms with E-state index in [-0.39, 0.29) is 5.91 Å². The predicted molar refractivity (Wildman–Crippen MR) is 99.7 cm³/mol. The minimum absolute atomic E-state index is 0.135. The molecule has 3 rings (SSSR count). The van der Waals surface area contributed by atoms with Crippen molar-refractivity contribution in [2.75, 3.05) is 25.7 Å². The van der Waals surface area contributed by atoms with Crippen molar-refractivity contribution in [2.45, 2.75) is 32.6 Å². The minimum atomic E-state index is 0.135. The van der Waals surface area contributed by atoms with Crippen LogP contribution >= 0.6 is 0 Å². The highest BCUT2D eigenvalue weighted by molar-refractivity contribution is 5.96. The number of hydrogen-bond acceptors (Lipinski definition) is 3. The lowest BCUT2D eigenvalue weighted by atomic mass is 9.95. The van der Waals surface area contributed by atoms with E-state index in [1.807, 2.05) is 35.2 Å². The van der Waals surface area contributed by atoms with Crippen molar-refractivity contribution in [1.29, 1.82) is 0 Å². The number of hydrogen-bond donors (Lipinski definition) is 0. The normalized spacial score (nSPS) is 13.3. The zero-order chi connectivity index (χ0) is 17.8. The number of benzene rings is 2. The second-order valence-corrected chi connectivity index (χ2v) is 6.37. The molecule has 0 aliphatic carbocycles. The Morgan fingerprint density at radius 2 is 1.84 bits per heavy atom. The summed E-state index contributed by atoms with van der Waals surface area (Å²) in [4.78, 5) is 14.8. The smallest absolute Gasteiger partial charge is 0.227 e. The maximum atomic E-state index is 12.9. The van der Waals surface area contributed by atoms with Crippen LogP contribution in [0.2, 0.25) is 0 Å². The van der Waals surface area contributed by atoms with Gasteiger partial charge < -0.3 is 14.4 Å². The van der Waals surface area contributed by atoms with E-state index in [1.54, 1.807) is 14.2 Å². The van der Waals surface area contributed by atoms with Gasteiger partial charge in [-0.1, -0.05) is 24.3 Å². The number of aryl methyl sites for hydroxylation is 2. The van der Waals surface area contributed by atoms with E-state index in [0.29, 0.717) is 12.8 Å². The highest BCUT2D eigenvalue weighted by atomic mass is 16.5. The lowest BCUT2D eigenvalue weighted by Crippen LogP contribution is -2.36. The Kier molecular flexibility index (Phi) is 5.27. The zero-order valence-electron chi connectivity index (χ0n) is 15.2. The quantitative estimate of drug-likeness (QED) is 0.829. The highest BCUT2D eigenvalue weighted by Gasteiger charge is 2.27. The van der Waals surface area contributed by atoms with Gasteiger partial charge in [0.2, 0.25) is 5.91 Å². The number of ether oxygens (including phenoxy) is 2. The predicted octanol–water partition coefficient (Wildman–Crippen LogP) is 3.92. The zero-order valence-corrected chi connectivity index (χ0v) is 15.2. The van der Waals surface area contributed by atoms with Crippen molar-refractivity contribution >= 4 is 11.6 Å². The molecular weight excluding hydrogens is 314 g/mol. The minimum Gasteiger partial charge on any atom is -0.496 e. The fourth-order valence-corrected chi connectivity index (χ4v) is 3.55. The van der Waals surface area contributed by atoms with Crippen LogP contribution in [0.3, 0.4) is 0 Å². The van der Waals surface area contributed by atoms with E-state index in [1.165, 1.54) is 11.1 Å². The third kappa shape index (κ3) is 3.48. The van der Waals surface area contributed by atoms with E-state index in [9.17, 15) is 4.79 Å². The molecule has 2 aromatic carbocycles. The average molecular weight is 339 g/mol. The van der Waals surface area contributed by atoms with Crippen molar-refractivity contribution < 1.29 is 14.3 Å². The fraction of sp³-hybridized carbons (Fsp3) is 0.381. The number of carbonyl (C=O) groups is 1. The average Bonchev–Trinajstić information content (AvgIpc) is 2.66. The number of methoxy groups -OCH3 is 2. The number of para-hydroxylation sites is 1. The van der Waals surface area contributed by atoms with Crippen LogP contribution in [0.4, 0.5) is 5.69 Å². The molecule has 132 valence electrons. The number of anilines is 1. The molecule has 4 heteroatoms. The molecule has 0 spiro atoms. The van der Waals surface area contributed by atoms with Gasteiger partial charge in [-0.3, -0.25) is 4.79 Å². The Labute approximate surface area is 149 Å². The first-order valence-electron chi connectivity index (χ1n) is 8.74. The summed E-state index contributed by atoms with van der Waals surface area (Å²) in [5, 5.41) is 0. The van der Waals surface area contributed by atoms with Gasteiger partial charge in [-0.05, 0) is 55.0 Å². The Morgan fingerprint density at radius 1 is 1.08 bits per heavy atom. The number of nitrogens with zero attached hydrogens (tertiary/aromatic N) is 1. The summed E-state index contributed by atoms with van der Waals surface area (Å²) in [6.07, 6.45) is 3.11. The molecule has 0 saturated carbocycles. The highest BCUT2D eigenvalue weighted by Crippen LogP contribution is 2.38. The van der Waals surface area contributed by atoms with Crippen LogP contribution in [0.5, 0.6) is 11.5 Å². The molecule has 0 bridgehead atoms. The maximum absolute atomic E-state index is 12.9. The lowest BCUT2D eigenvalue weighted by molar-refractivity contribution is -0.118. The van der Waals surface area contributed by atoms with Gasteiger partial charge >= 0.3 is 0 Å². The van der Waals surface area contributed by atoms with E-state index in [0.717, 1.165) is 42.1 Å². The van der Waals surface area contributed by atoms with Crippen molar-refractivity contribution in [1.82, 2.24) is 0 Å². The van der Waals surface area contributed by atoms with Gasteiger partial charge in [-0.15, -0.1) is 0 Å². The third-order valence-corrected chi connectivity index (χ3v) is 4.88. The van der Waals surface area contributed by atoms with Gasteiger partial charge in [-0.25, -0.2) is 0 Å². The SMILES string of the molecule is COc1ccccc1CCC(=O)N1CCCc2c(C)ccc(OC)c21. The van der Waals surface area contributed by atoms with Crippen LogP contribution in [-0.4, -0.2) is 26.7 Å². The molecule has 1 aliphatic heterocycles. The Balaban J connectivity index is 1.82. The van der Waals surface area contributed by atoms with Gasteiger partial charge in [0, 0.05) is 13.0 Å². The van der Waals surface area contributed by atoms with Gasteiger partial charge in [0.1, 0.15) is 11.5 Å². The Morgan fingerprint density at radius 3 is 2.60 bits per heavy atom. The molecule has 1 aliphatic rings. The summed E-state index contributed by atoms with van der Waals surface area (Å²) in [6.45, 7) is 2.85. The summed E-state index contributed by atoms with van der Waals surface area (Å²) in [6, 6.07) is 11.9. The van der Waals surface area contributed by atoms with Gasteiger partial charge in [0.05, 0.1) is 19.9 Å². The monoisotopic (exact) mass is 339 g/mol. The molecule has 0 unspecified atom stereocenters. The van der Waals surface area contributed by atoms with Crippen molar-refractivity contribution in [3.05, 3.63) is 53.1 Å². The molecule has 25 heavy (non-hydrogen) atoms. The third-order valence-electron chi connectivity index (χ3n) is 4.88. The number of fused-ring (bicyclic) bond motifs is 1. The Bertz CT molecular complexity index is 770. The molecule has 0 fully saturated rings. The van der Waals surface area contributed by atoms with E-state index < -0.39 is 0 Å². The summed E-state index contributed by atoms with van der Waals surface area (Å²) in [5.74, 6) is 1.75. The summed E-state index contributed by atoms with van der Waals surface area (Å²) < 4.78 is 10.9. The molecule has 0 atom stereocenters. The van der Waals surface area contributed by atoms with E-state index >= 15 is 0 Å². The molecule has 0 saturated heterocycles. The number of amides is 1. The van der Waals surface area contributed by atoms with Gasteiger partial charge in [0.15, 0.2) is 0 Å². The topological polar surface area (TPSA) is 38.8 Å². The van der Waals surface area contributed by atoms with Crippen LogP contribution in [-0.2, 0) is 17.6 Å². The van der Waals surface area contributed by atoms with E-state index in [2.05, 4.69) is 13.0 Å². The van der Waals surface area contributed by atoms with E-state index in [4.69, 9.17) is 9.47 Å². The molecular formula is C21H25NO3. The Hall–Kier alpha value is -2.49. The molecule has 0 aromatic heterocycles. The van der Waals surface area contributed by atoms with Crippen molar-refractivity contribution in [3.8, 4) is 11.5 Å². The fourth-order valence-electron chi connectivity index (χ4n) is 3.55. The maximum Gasteiger partial charge on any atom is 0.227 e. The number of carbonyl (C=O) groups excluding carboxylic acids is 1. The first-order chi connectivity index (χ1) is 12.2. The lowest BCUT2D eigenvalue weighted by Gasteiger charge is -2.32. The molecule has 0 N–H and O–H groups in total. The first-order valence-corrected chi connectivity index (χ1v) is 8.74. The van der Waals surface area contributed by atoms with Crippen LogP contribution in [0.1, 0.15) is 29.5 Å². The summed E-state index contributed by atoms with van der Waals surface area (Å²) >= 11 is 0. The summed E-state index contributed by atoms with van der Waals surface area (Å²) in [7, 11) is 3.33.